The molecule has 0 aliphatic heterocycles. The van der Waals surface area contributed by atoms with E-state index in [1.165, 1.54) is 6.92 Å². The molecule has 0 aliphatic carbocycles. The summed E-state index contributed by atoms with van der Waals surface area (Å²) in [6.45, 7) is 1.70. The number of hydrogen-bond acceptors (Lipinski definition) is 7. The summed E-state index contributed by atoms with van der Waals surface area (Å²) in [5.41, 5.74) is 15.9. The minimum Gasteiger partial charge on any atom is -0.480 e. The van der Waals surface area contributed by atoms with Crippen LogP contribution in [-0.4, -0.2) is 64.7 Å². The summed E-state index contributed by atoms with van der Waals surface area (Å²) in [7, 11) is 0. The van der Waals surface area contributed by atoms with Crippen LogP contribution >= 0.6 is 0 Å². The van der Waals surface area contributed by atoms with E-state index in [9.17, 15) is 29.4 Å². The van der Waals surface area contributed by atoms with Crippen molar-refractivity contribution in [3.63, 3.8) is 0 Å². The highest BCUT2D eigenvalue weighted by atomic mass is 16.4. The largest absolute Gasteiger partial charge is 0.480 e. The first-order chi connectivity index (χ1) is 12.1. The first-order valence-corrected chi connectivity index (χ1v) is 8.35. The fourth-order valence-electron chi connectivity index (χ4n) is 2.06. The summed E-state index contributed by atoms with van der Waals surface area (Å²) in [5.74, 6) is -3.50. The number of primary amides is 1. The Morgan fingerprint density at radius 3 is 2.04 bits per heavy atom. The van der Waals surface area contributed by atoms with E-state index in [2.05, 4.69) is 10.6 Å². The maximum absolute atomic E-state index is 12.4. The van der Waals surface area contributed by atoms with Gasteiger partial charge in [0.2, 0.25) is 17.7 Å². The molecule has 0 heterocycles. The van der Waals surface area contributed by atoms with Crippen LogP contribution in [0.15, 0.2) is 0 Å². The van der Waals surface area contributed by atoms with E-state index in [1.54, 1.807) is 0 Å². The number of aliphatic hydroxyl groups excluding tert-OH is 1. The number of unbranched alkanes of at least 4 members (excludes halogenated alkanes) is 1. The lowest BCUT2D eigenvalue weighted by molar-refractivity contribution is -0.142. The van der Waals surface area contributed by atoms with Crippen LogP contribution in [0.3, 0.4) is 0 Å². The molecule has 11 nitrogen and oxygen atoms in total. The molecule has 0 radical (unpaired) electrons. The molecule has 0 saturated heterocycles. The lowest BCUT2D eigenvalue weighted by atomic mass is 10.1. The average molecular weight is 375 g/mol. The molecule has 0 aromatic carbocycles. The summed E-state index contributed by atoms with van der Waals surface area (Å²) >= 11 is 0. The fourth-order valence-corrected chi connectivity index (χ4v) is 2.06. The summed E-state index contributed by atoms with van der Waals surface area (Å²) in [6, 6.07) is -3.65. The third-order valence-corrected chi connectivity index (χ3v) is 3.70. The minimum atomic E-state index is -1.28. The molecule has 0 aromatic heterocycles. The van der Waals surface area contributed by atoms with Crippen molar-refractivity contribution >= 4 is 23.7 Å². The number of nitrogens with two attached hydrogens (primary N) is 3. The Bertz CT molecular complexity index is 499. The molecule has 26 heavy (non-hydrogen) atoms. The van der Waals surface area contributed by atoms with E-state index < -0.39 is 47.9 Å². The highest BCUT2D eigenvalue weighted by Gasteiger charge is 2.29. The second-order valence-corrected chi connectivity index (χ2v) is 6.02. The number of aliphatic hydroxyl groups is 1. The predicted octanol–water partition coefficient (Wildman–Crippen LogP) is -2.86. The number of aliphatic carboxylic acids is 1. The number of hydrogen-bond donors (Lipinski definition) is 7. The number of amides is 3. The zero-order chi connectivity index (χ0) is 20.3. The Balaban J connectivity index is 5.02. The van der Waals surface area contributed by atoms with E-state index in [0.29, 0.717) is 19.4 Å². The van der Waals surface area contributed by atoms with E-state index in [1.807, 2.05) is 0 Å². The normalized spacial score (nSPS) is 15.4. The SMILES string of the molecule is C[C@@H](O)[C@H](N)C(=O)N[C@@H](CCC(N)=O)C(=O)N[C@@H](CCCCN)C(=O)O. The van der Waals surface area contributed by atoms with Crippen LogP contribution in [0.5, 0.6) is 0 Å². The molecule has 0 saturated carbocycles. The molecule has 150 valence electrons. The third kappa shape index (κ3) is 9.30. The molecular formula is C15H29N5O6. The Labute approximate surface area is 151 Å². The maximum Gasteiger partial charge on any atom is 0.326 e. The van der Waals surface area contributed by atoms with Gasteiger partial charge < -0.3 is 38.0 Å². The number of carbonyl (C=O) groups excluding carboxylic acids is 3. The first-order valence-electron chi connectivity index (χ1n) is 8.35. The average Bonchev–Trinajstić information content (AvgIpc) is 2.56. The molecule has 3 amide bonds. The molecule has 0 rings (SSSR count). The molecule has 10 N–H and O–H groups in total. The van der Waals surface area contributed by atoms with Gasteiger partial charge in [-0.05, 0) is 39.2 Å². The van der Waals surface area contributed by atoms with Gasteiger partial charge >= 0.3 is 5.97 Å². The van der Waals surface area contributed by atoms with Crippen molar-refractivity contribution < 1.29 is 29.4 Å². The molecule has 0 fully saturated rings. The third-order valence-electron chi connectivity index (χ3n) is 3.70. The van der Waals surface area contributed by atoms with Gasteiger partial charge in [0.15, 0.2) is 0 Å². The molecule has 0 aliphatic rings. The van der Waals surface area contributed by atoms with E-state index in [-0.39, 0.29) is 19.3 Å². The van der Waals surface area contributed by atoms with Gasteiger partial charge in [0.25, 0.3) is 0 Å². The van der Waals surface area contributed by atoms with Crippen LogP contribution in [0.4, 0.5) is 0 Å². The topological polar surface area (TPSA) is 211 Å². The van der Waals surface area contributed by atoms with Gasteiger partial charge in [-0.3, -0.25) is 14.4 Å². The number of carboxylic acid groups (broad SMARTS) is 1. The molecule has 4 atom stereocenters. The van der Waals surface area contributed by atoms with Gasteiger partial charge in [0.05, 0.1) is 6.10 Å². The Morgan fingerprint density at radius 2 is 1.58 bits per heavy atom. The van der Waals surface area contributed by atoms with Gasteiger partial charge in [0, 0.05) is 6.42 Å². The smallest absolute Gasteiger partial charge is 0.326 e. The number of rotatable bonds is 13. The van der Waals surface area contributed by atoms with Crippen LogP contribution in [0.25, 0.3) is 0 Å². The van der Waals surface area contributed by atoms with Crippen molar-refractivity contribution in [2.45, 2.75) is 63.3 Å². The van der Waals surface area contributed by atoms with E-state index in [4.69, 9.17) is 17.2 Å². The standard InChI is InChI=1S/C15H29N5O6/c1-8(21)12(18)14(24)19-9(5-6-11(17)22)13(23)20-10(15(25)26)4-2-3-7-16/h8-10,12,21H,2-7,16,18H2,1H3,(H2,17,22)(H,19,24)(H,20,23)(H,25,26)/t8-,9+,10+,12+/m1/s1. The van der Waals surface area contributed by atoms with Crippen molar-refractivity contribution in [2.75, 3.05) is 6.54 Å². The summed E-state index contributed by atoms with van der Waals surface area (Å²) in [6.07, 6.45) is -0.217. The lowest BCUT2D eigenvalue weighted by Crippen LogP contribution is -2.56. The van der Waals surface area contributed by atoms with Gasteiger partial charge in [-0.25, -0.2) is 4.79 Å². The van der Waals surface area contributed by atoms with Crippen molar-refractivity contribution in [3.05, 3.63) is 0 Å². The van der Waals surface area contributed by atoms with Gasteiger partial charge in [-0.2, -0.15) is 0 Å². The summed E-state index contributed by atoms with van der Waals surface area (Å²) < 4.78 is 0. The van der Waals surface area contributed by atoms with Crippen LogP contribution in [0, 0.1) is 0 Å². The van der Waals surface area contributed by atoms with Crippen molar-refractivity contribution in [3.8, 4) is 0 Å². The Hall–Kier alpha value is -2.24. The molecule has 11 heteroatoms. The van der Waals surface area contributed by atoms with E-state index >= 15 is 0 Å². The molecular weight excluding hydrogens is 346 g/mol. The van der Waals surface area contributed by atoms with Gasteiger partial charge in [-0.15, -0.1) is 0 Å². The molecule has 0 unspecified atom stereocenters. The van der Waals surface area contributed by atoms with Crippen LogP contribution < -0.4 is 27.8 Å². The number of carboxylic acids is 1. The Kier molecular flexibility index (Phi) is 11.1. The first kappa shape index (κ1) is 23.8. The highest BCUT2D eigenvalue weighted by Crippen LogP contribution is 2.04. The van der Waals surface area contributed by atoms with E-state index in [0.717, 1.165) is 0 Å². The van der Waals surface area contributed by atoms with Crippen molar-refractivity contribution in [1.29, 1.82) is 0 Å². The molecule has 0 bridgehead atoms. The van der Waals surface area contributed by atoms with Crippen LogP contribution in [-0.2, 0) is 19.2 Å². The monoisotopic (exact) mass is 375 g/mol. The molecule has 0 aromatic rings. The number of carbonyl (C=O) groups is 4. The second-order valence-electron chi connectivity index (χ2n) is 6.02. The van der Waals surface area contributed by atoms with Gasteiger partial charge in [-0.1, -0.05) is 0 Å². The second kappa shape index (κ2) is 12.2. The van der Waals surface area contributed by atoms with Crippen molar-refractivity contribution in [1.82, 2.24) is 10.6 Å². The lowest BCUT2D eigenvalue weighted by Gasteiger charge is -2.23. The molecule has 0 spiro atoms. The summed E-state index contributed by atoms with van der Waals surface area (Å²) in [5, 5.41) is 23.2. The quantitative estimate of drug-likeness (QED) is 0.166. The predicted molar refractivity (Wildman–Crippen MR) is 92.5 cm³/mol. The van der Waals surface area contributed by atoms with Crippen LogP contribution in [0.1, 0.15) is 39.0 Å². The zero-order valence-corrected chi connectivity index (χ0v) is 14.8. The van der Waals surface area contributed by atoms with Crippen molar-refractivity contribution in [2.24, 2.45) is 17.2 Å². The number of nitrogens with one attached hydrogen (secondary N) is 2. The highest BCUT2D eigenvalue weighted by molar-refractivity contribution is 5.92. The van der Waals surface area contributed by atoms with Gasteiger partial charge in [0.1, 0.15) is 18.1 Å². The Morgan fingerprint density at radius 1 is 1.00 bits per heavy atom. The van der Waals surface area contributed by atoms with Crippen LogP contribution in [0.2, 0.25) is 0 Å². The zero-order valence-electron chi connectivity index (χ0n) is 14.8. The minimum absolute atomic E-state index is 0.130. The fraction of sp³-hybridized carbons (Fsp3) is 0.733. The summed E-state index contributed by atoms with van der Waals surface area (Å²) in [4.78, 5) is 46.6. The maximum atomic E-state index is 12.4.